The lowest BCUT2D eigenvalue weighted by molar-refractivity contribution is 0.332. The lowest BCUT2D eigenvalue weighted by Crippen LogP contribution is -2.38. The Labute approximate surface area is 100 Å². The van der Waals surface area contributed by atoms with Gasteiger partial charge in [-0.05, 0) is 25.2 Å². The molecule has 7 heteroatoms. The number of nitrogens with one attached hydrogen (secondary N) is 1. The molecule has 2 heterocycles. The molecule has 3 rings (SSSR count). The number of nitrogens with zero attached hydrogens (tertiary/aromatic N) is 2. The largest absolute Gasteiger partial charge is 0.326 e. The van der Waals surface area contributed by atoms with Gasteiger partial charge in [-0.25, -0.2) is 8.42 Å². The lowest BCUT2D eigenvalue weighted by Gasteiger charge is -2.25. The SMILES string of the molecule is NCc1cn[nH]c1S(=O)(=O)N1CC2CCC1C2. The summed E-state index contributed by atoms with van der Waals surface area (Å²) in [5, 5.41) is 6.53. The summed E-state index contributed by atoms with van der Waals surface area (Å²) in [5.74, 6) is 0.541. The second-order valence-corrected chi connectivity index (χ2v) is 6.66. The van der Waals surface area contributed by atoms with Gasteiger partial charge in [-0.2, -0.15) is 9.40 Å². The van der Waals surface area contributed by atoms with E-state index in [1.54, 1.807) is 4.31 Å². The summed E-state index contributed by atoms with van der Waals surface area (Å²) in [6.07, 6.45) is 4.63. The Bertz CT molecular complexity index is 524. The third-order valence-corrected chi connectivity index (χ3v) is 5.76. The van der Waals surface area contributed by atoms with Crippen LogP contribution in [0.25, 0.3) is 0 Å². The van der Waals surface area contributed by atoms with Crippen LogP contribution in [0.4, 0.5) is 0 Å². The monoisotopic (exact) mass is 256 g/mol. The van der Waals surface area contributed by atoms with E-state index in [9.17, 15) is 8.42 Å². The molecule has 94 valence electrons. The fourth-order valence-electron chi connectivity index (χ4n) is 2.96. The van der Waals surface area contributed by atoms with Gasteiger partial charge in [0.05, 0.1) is 6.20 Å². The van der Waals surface area contributed by atoms with Crippen molar-refractivity contribution in [2.45, 2.75) is 36.9 Å². The molecule has 2 aliphatic rings. The first-order chi connectivity index (χ1) is 8.13. The topological polar surface area (TPSA) is 92.1 Å². The number of rotatable bonds is 3. The number of hydrogen-bond donors (Lipinski definition) is 2. The van der Waals surface area contributed by atoms with Crippen molar-refractivity contribution in [1.29, 1.82) is 0 Å². The van der Waals surface area contributed by atoms with Gasteiger partial charge in [-0.15, -0.1) is 0 Å². The van der Waals surface area contributed by atoms with Crippen LogP contribution in [0.15, 0.2) is 11.2 Å². The minimum atomic E-state index is -3.43. The fourth-order valence-corrected chi connectivity index (χ4v) is 4.82. The fraction of sp³-hybridized carbons (Fsp3) is 0.700. The zero-order valence-electron chi connectivity index (χ0n) is 9.46. The smallest absolute Gasteiger partial charge is 0.260 e. The van der Waals surface area contributed by atoms with E-state index in [1.165, 1.54) is 6.20 Å². The highest BCUT2D eigenvalue weighted by Gasteiger charge is 2.45. The zero-order chi connectivity index (χ0) is 12.0. The number of nitrogens with two attached hydrogens (primary N) is 1. The molecule has 0 radical (unpaired) electrons. The highest BCUT2D eigenvalue weighted by Crippen LogP contribution is 2.40. The van der Waals surface area contributed by atoms with Gasteiger partial charge in [0.1, 0.15) is 0 Å². The molecule has 2 unspecified atom stereocenters. The van der Waals surface area contributed by atoms with Crippen molar-refractivity contribution in [3.63, 3.8) is 0 Å². The molecule has 1 aromatic rings. The molecule has 6 nitrogen and oxygen atoms in total. The van der Waals surface area contributed by atoms with Gasteiger partial charge in [0.15, 0.2) is 5.03 Å². The molecule has 0 aromatic carbocycles. The summed E-state index contributed by atoms with van der Waals surface area (Å²) in [6.45, 7) is 0.836. The molecule has 0 spiro atoms. The van der Waals surface area contributed by atoms with Gasteiger partial charge in [-0.1, -0.05) is 0 Å². The highest BCUT2D eigenvalue weighted by atomic mass is 32.2. The summed E-state index contributed by atoms with van der Waals surface area (Å²) < 4.78 is 26.5. The van der Waals surface area contributed by atoms with Gasteiger partial charge >= 0.3 is 0 Å². The minimum absolute atomic E-state index is 0.174. The zero-order valence-corrected chi connectivity index (χ0v) is 10.3. The minimum Gasteiger partial charge on any atom is -0.326 e. The van der Waals surface area contributed by atoms with Crippen molar-refractivity contribution in [1.82, 2.24) is 14.5 Å². The van der Waals surface area contributed by atoms with Crippen LogP contribution < -0.4 is 5.73 Å². The number of aromatic amines is 1. The third kappa shape index (κ3) is 1.61. The Morgan fingerprint density at radius 2 is 2.35 bits per heavy atom. The van der Waals surface area contributed by atoms with E-state index < -0.39 is 10.0 Å². The van der Waals surface area contributed by atoms with Crippen LogP contribution in [0.2, 0.25) is 0 Å². The van der Waals surface area contributed by atoms with E-state index >= 15 is 0 Å². The Balaban J connectivity index is 1.96. The van der Waals surface area contributed by atoms with Crippen LogP contribution in [0.5, 0.6) is 0 Å². The van der Waals surface area contributed by atoms with Crippen LogP contribution in [0, 0.1) is 5.92 Å². The molecule has 17 heavy (non-hydrogen) atoms. The van der Waals surface area contributed by atoms with Crippen molar-refractivity contribution >= 4 is 10.0 Å². The normalized spacial score (nSPS) is 29.0. The number of aromatic nitrogens is 2. The molecular weight excluding hydrogens is 240 g/mol. The van der Waals surface area contributed by atoms with Crippen molar-refractivity contribution in [2.24, 2.45) is 11.7 Å². The van der Waals surface area contributed by atoms with E-state index in [-0.39, 0.29) is 17.6 Å². The molecule has 1 saturated carbocycles. The van der Waals surface area contributed by atoms with Crippen LogP contribution in [0.3, 0.4) is 0 Å². The van der Waals surface area contributed by atoms with E-state index in [0.29, 0.717) is 18.0 Å². The molecule has 2 bridgehead atoms. The first-order valence-electron chi connectivity index (χ1n) is 5.87. The van der Waals surface area contributed by atoms with Crippen molar-refractivity contribution in [2.75, 3.05) is 6.54 Å². The second-order valence-electron chi connectivity index (χ2n) is 4.84. The Kier molecular flexibility index (Phi) is 2.49. The maximum absolute atomic E-state index is 12.5. The molecule has 3 N–H and O–H groups in total. The Morgan fingerprint density at radius 3 is 2.94 bits per heavy atom. The molecule has 1 aromatic heterocycles. The second kappa shape index (κ2) is 3.79. The number of fused-ring (bicyclic) bond motifs is 2. The van der Waals surface area contributed by atoms with Gasteiger partial charge in [-0.3, -0.25) is 5.10 Å². The van der Waals surface area contributed by atoms with E-state index in [1.807, 2.05) is 0 Å². The molecule has 2 fully saturated rings. The Hall–Kier alpha value is -0.920. The first-order valence-corrected chi connectivity index (χ1v) is 7.31. The average Bonchev–Trinajstić information content (AvgIpc) is 3.04. The number of H-pyrrole nitrogens is 1. The summed E-state index contributed by atoms with van der Waals surface area (Å²) in [6, 6.07) is 0.180. The summed E-state index contributed by atoms with van der Waals surface area (Å²) in [7, 11) is -3.43. The van der Waals surface area contributed by atoms with Gasteiger partial charge in [0.2, 0.25) is 0 Å². The van der Waals surface area contributed by atoms with Crippen molar-refractivity contribution in [3.8, 4) is 0 Å². The maximum Gasteiger partial charge on any atom is 0.260 e. The molecular formula is C10H16N4O2S. The predicted molar refractivity (Wildman–Crippen MR) is 61.5 cm³/mol. The van der Waals surface area contributed by atoms with E-state index in [4.69, 9.17) is 5.73 Å². The van der Waals surface area contributed by atoms with Crippen LogP contribution >= 0.6 is 0 Å². The predicted octanol–water partition coefficient (Wildman–Crippen LogP) is 0.0414. The number of sulfonamides is 1. The quantitative estimate of drug-likeness (QED) is 0.798. The van der Waals surface area contributed by atoms with Crippen LogP contribution in [0.1, 0.15) is 24.8 Å². The third-order valence-electron chi connectivity index (χ3n) is 3.82. The number of hydrogen-bond acceptors (Lipinski definition) is 4. The van der Waals surface area contributed by atoms with Gasteiger partial charge in [0.25, 0.3) is 10.0 Å². The van der Waals surface area contributed by atoms with E-state index in [0.717, 1.165) is 19.3 Å². The van der Waals surface area contributed by atoms with Crippen LogP contribution in [-0.4, -0.2) is 35.5 Å². The lowest BCUT2D eigenvalue weighted by atomic mass is 10.1. The van der Waals surface area contributed by atoms with Gasteiger partial charge < -0.3 is 5.73 Å². The first kappa shape index (κ1) is 11.2. The highest BCUT2D eigenvalue weighted by molar-refractivity contribution is 7.89. The Morgan fingerprint density at radius 1 is 1.53 bits per heavy atom. The molecule has 1 aliphatic carbocycles. The summed E-state index contributed by atoms with van der Waals surface area (Å²) >= 11 is 0. The van der Waals surface area contributed by atoms with E-state index in [2.05, 4.69) is 10.2 Å². The summed E-state index contributed by atoms with van der Waals surface area (Å²) in [5.41, 5.74) is 6.09. The van der Waals surface area contributed by atoms with Crippen molar-refractivity contribution in [3.05, 3.63) is 11.8 Å². The van der Waals surface area contributed by atoms with Crippen LogP contribution in [-0.2, 0) is 16.6 Å². The molecule has 2 atom stereocenters. The van der Waals surface area contributed by atoms with Gasteiger partial charge in [0, 0.05) is 24.7 Å². The summed E-state index contributed by atoms with van der Waals surface area (Å²) in [4.78, 5) is 0. The average molecular weight is 256 g/mol. The standard InChI is InChI=1S/C10H16N4O2S/c11-4-8-5-12-13-10(8)17(15,16)14-6-7-1-2-9(14)3-7/h5,7,9H,1-4,6,11H2,(H,12,13). The molecule has 1 aliphatic heterocycles. The number of piperidine rings is 1. The molecule has 1 saturated heterocycles. The maximum atomic E-state index is 12.5. The molecule has 0 amide bonds. The van der Waals surface area contributed by atoms with Crippen molar-refractivity contribution < 1.29 is 8.42 Å².